The SMILES string of the molecule is COC(=O)c1ccccc1S(=O)(=O)NC(=O)Nc1nc(C)cc(C)n1.[K]. The molecule has 133 valence electrons. The normalized spacial score (nSPS) is 10.4. The number of nitrogens with one attached hydrogen (secondary N) is 2. The number of methoxy groups -OCH3 is 1. The van der Waals surface area contributed by atoms with E-state index < -0.39 is 22.0 Å². The van der Waals surface area contributed by atoms with Gasteiger partial charge in [0.25, 0.3) is 10.0 Å². The molecule has 0 fully saturated rings. The van der Waals surface area contributed by atoms with Crippen molar-refractivity contribution in [3.8, 4) is 0 Å². The van der Waals surface area contributed by atoms with Gasteiger partial charge in [0, 0.05) is 62.8 Å². The molecule has 0 unspecified atom stereocenters. The molecule has 1 heterocycles. The maximum atomic E-state index is 12.4. The van der Waals surface area contributed by atoms with Crippen molar-refractivity contribution in [1.82, 2.24) is 14.7 Å². The van der Waals surface area contributed by atoms with Gasteiger partial charge in [-0.05, 0) is 32.0 Å². The molecule has 0 aliphatic rings. The number of urea groups is 1. The molecule has 0 bridgehead atoms. The van der Waals surface area contributed by atoms with E-state index in [1.165, 1.54) is 24.3 Å². The second kappa shape index (κ2) is 9.53. The molecule has 2 N–H and O–H groups in total. The fraction of sp³-hybridized carbons (Fsp3) is 0.200. The quantitative estimate of drug-likeness (QED) is 0.576. The van der Waals surface area contributed by atoms with E-state index in [2.05, 4.69) is 20.0 Å². The minimum absolute atomic E-state index is 0. The van der Waals surface area contributed by atoms with Crippen LogP contribution < -0.4 is 10.0 Å². The van der Waals surface area contributed by atoms with Crippen molar-refractivity contribution in [3.63, 3.8) is 0 Å². The average Bonchev–Trinajstić information content (AvgIpc) is 2.52. The first kappa shape index (κ1) is 22.7. The Hall–Kier alpha value is -1.37. The number of sulfonamides is 1. The zero-order valence-electron chi connectivity index (χ0n) is 14.7. The molecule has 26 heavy (non-hydrogen) atoms. The van der Waals surface area contributed by atoms with Gasteiger partial charge in [-0.1, -0.05) is 12.1 Å². The summed E-state index contributed by atoms with van der Waals surface area (Å²) in [5, 5.41) is 2.24. The van der Waals surface area contributed by atoms with E-state index in [9.17, 15) is 18.0 Å². The van der Waals surface area contributed by atoms with Gasteiger partial charge < -0.3 is 4.74 Å². The summed E-state index contributed by atoms with van der Waals surface area (Å²) in [6.07, 6.45) is 0. The predicted molar refractivity (Wildman–Crippen MR) is 94.4 cm³/mol. The summed E-state index contributed by atoms with van der Waals surface area (Å²) in [7, 11) is -3.18. The number of amides is 2. The Kier molecular flexibility index (Phi) is 8.31. The molecule has 0 aliphatic heterocycles. The number of hydrogen-bond acceptors (Lipinski definition) is 7. The maximum Gasteiger partial charge on any atom is 0.339 e. The zero-order chi connectivity index (χ0) is 18.6. The Balaban J connectivity index is 0.00000338. The second-order valence-corrected chi connectivity index (χ2v) is 6.67. The predicted octanol–water partition coefficient (Wildman–Crippen LogP) is 1.01. The summed E-state index contributed by atoms with van der Waals surface area (Å²) in [5.74, 6) is -0.870. The van der Waals surface area contributed by atoms with E-state index >= 15 is 0 Å². The number of rotatable bonds is 4. The number of hydrogen-bond donors (Lipinski definition) is 2. The third-order valence-electron chi connectivity index (χ3n) is 3.02. The molecule has 11 heteroatoms. The van der Waals surface area contributed by atoms with Gasteiger partial charge >= 0.3 is 12.0 Å². The molecule has 2 amide bonds. The molecule has 1 aromatic carbocycles. The number of aromatic nitrogens is 2. The van der Waals surface area contributed by atoms with Crippen molar-refractivity contribution in [3.05, 3.63) is 47.3 Å². The molecule has 0 spiro atoms. The first-order valence-corrected chi connectivity index (χ1v) is 8.54. The van der Waals surface area contributed by atoms with Crippen LogP contribution in [0, 0.1) is 13.8 Å². The van der Waals surface area contributed by atoms with E-state index in [1.807, 2.05) is 4.72 Å². The number of carbonyl (C=O) groups excluding carboxylic acids is 2. The van der Waals surface area contributed by atoms with Crippen molar-refractivity contribution in [2.24, 2.45) is 0 Å². The number of ether oxygens (including phenoxy) is 1. The van der Waals surface area contributed by atoms with Crippen LogP contribution in [-0.2, 0) is 14.8 Å². The average molecular weight is 403 g/mol. The number of esters is 1. The first-order valence-electron chi connectivity index (χ1n) is 7.06. The molecule has 1 aromatic heterocycles. The number of anilines is 1. The molecule has 2 aromatic rings. The number of carbonyl (C=O) groups is 2. The fourth-order valence-electron chi connectivity index (χ4n) is 2.07. The van der Waals surface area contributed by atoms with Crippen LogP contribution in [0.4, 0.5) is 10.7 Å². The third kappa shape index (κ3) is 5.82. The largest absolute Gasteiger partial charge is 0.465 e. The first-order chi connectivity index (χ1) is 11.7. The van der Waals surface area contributed by atoms with Gasteiger partial charge in [0.05, 0.1) is 12.7 Å². The minimum Gasteiger partial charge on any atom is -0.465 e. The monoisotopic (exact) mass is 403 g/mol. The summed E-state index contributed by atoms with van der Waals surface area (Å²) in [6.45, 7) is 3.42. The van der Waals surface area contributed by atoms with Crippen molar-refractivity contribution >= 4 is 79.4 Å². The molecule has 0 saturated heterocycles. The second-order valence-electron chi connectivity index (χ2n) is 5.02. The van der Waals surface area contributed by atoms with Crippen LogP contribution in [0.5, 0.6) is 0 Å². The smallest absolute Gasteiger partial charge is 0.339 e. The molecule has 1 radical (unpaired) electrons. The Morgan fingerprint density at radius 2 is 1.65 bits per heavy atom. The summed E-state index contributed by atoms with van der Waals surface area (Å²) in [6, 6.07) is 6.03. The van der Waals surface area contributed by atoms with Crippen LogP contribution in [-0.4, -0.2) is 88.9 Å². The van der Waals surface area contributed by atoms with E-state index in [1.54, 1.807) is 19.9 Å². The molecular weight excluding hydrogens is 387 g/mol. The van der Waals surface area contributed by atoms with E-state index in [0.29, 0.717) is 11.4 Å². The maximum absolute atomic E-state index is 12.4. The van der Waals surface area contributed by atoms with Crippen LogP contribution in [0.1, 0.15) is 21.7 Å². The molecule has 2 rings (SSSR count). The fourth-order valence-corrected chi connectivity index (χ4v) is 3.17. The Labute approximate surface area is 193 Å². The molecule has 0 aliphatic carbocycles. The number of aryl methyl sites for hydroxylation is 2. The van der Waals surface area contributed by atoms with Crippen molar-refractivity contribution in [1.29, 1.82) is 0 Å². The summed E-state index contributed by atoms with van der Waals surface area (Å²) in [5.41, 5.74) is 1.04. The van der Waals surface area contributed by atoms with E-state index in [-0.39, 0.29) is 67.8 Å². The van der Waals surface area contributed by atoms with Gasteiger partial charge in [-0.25, -0.2) is 32.7 Å². The van der Waals surface area contributed by atoms with Crippen LogP contribution in [0.25, 0.3) is 0 Å². The standard InChI is InChI=1S/C15H16N4O5S.K/c1-9-8-10(2)17-14(16-9)18-15(21)19-25(22,23)12-7-5-4-6-11(12)13(20)24-3;/h4-8H,1-3H3,(H2,16,17,18,19,21);. The van der Waals surface area contributed by atoms with Gasteiger partial charge in [-0.2, -0.15) is 0 Å². The summed E-state index contributed by atoms with van der Waals surface area (Å²) >= 11 is 0. The zero-order valence-corrected chi connectivity index (χ0v) is 18.7. The van der Waals surface area contributed by atoms with Gasteiger partial charge in [-0.15, -0.1) is 0 Å². The topological polar surface area (TPSA) is 127 Å². The van der Waals surface area contributed by atoms with Crippen molar-refractivity contribution in [2.75, 3.05) is 12.4 Å². The summed E-state index contributed by atoms with van der Waals surface area (Å²) in [4.78, 5) is 31.3. The van der Waals surface area contributed by atoms with Gasteiger partial charge in [-0.3, -0.25) is 5.32 Å². The molecule has 0 saturated carbocycles. The van der Waals surface area contributed by atoms with E-state index in [0.717, 1.165) is 7.11 Å². The summed E-state index contributed by atoms with van der Waals surface area (Å²) < 4.78 is 31.1. The minimum atomic E-state index is -4.30. The third-order valence-corrected chi connectivity index (χ3v) is 4.41. The molecule has 9 nitrogen and oxygen atoms in total. The Bertz CT molecular complexity index is 913. The number of nitrogens with zero attached hydrogens (tertiary/aromatic N) is 2. The van der Waals surface area contributed by atoms with E-state index in [4.69, 9.17) is 0 Å². The van der Waals surface area contributed by atoms with Gasteiger partial charge in [0.1, 0.15) is 4.90 Å². The Morgan fingerprint density at radius 3 is 2.23 bits per heavy atom. The molecular formula is C15H16KN4O5S. The Morgan fingerprint density at radius 1 is 1.08 bits per heavy atom. The number of benzene rings is 1. The van der Waals surface area contributed by atoms with Crippen molar-refractivity contribution < 1.29 is 22.7 Å². The van der Waals surface area contributed by atoms with Crippen molar-refractivity contribution in [2.45, 2.75) is 18.7 Å². The van der Waals surface area contributed by atoms with Crippen LogP contribution in [0.15, 0.2) is 35.2 Å². The molecule has 0 atom stereocenters. The van der Waals surface area contributed by atoms with Gasteiger partial charge in [0.2, 0.25) is 5.95 Å². The van der Waals surface area contributed by atoms with Crippen LogP contribution in [0.2, 0.25) is 0 Å². The van der Waals surface area contributed by atoms with Crippen LogP contribution in [0.3, 0.4) is 0 Å². The van der Waals surface area contributed by atoms with Gasteiger partial charge in [0.15, 0.2) is 0 Å². The van der Waals surface area contributed by atoms with Crippen LogP contribution >= 0.6 is 0 Å².